The zero-order valence-electron chi connectivity index (χ0n) is 11.2. The van der Waals surface area contributed by atoms with Gasteiger partial charge in [0.15, 0.2) is 5.96 Å². The summed E-state index contributed by atoms with van der Waals surface area (Å²) in [4.78, 5) is 8.32. The molecule has 2 aromatic rings. The van der Waals surface area contributed by atoms with Crippen molar-refractivity contribution in [2.24, 2.45) is 12.0 Å². The van der Waals surface area contributed by atoms with E-state index in [1.807, 2.05) is 25.2 Å². The first-order valence-electron chi connectivity index (χ1n) is 6.11. The van der Waals surface area contributed by atoms with Gasteiger partial charge in [-0.15, -0.1) is 0 Å². The standard InChI is InChI=1S/C13H18N6/c1-14-13(15-8-11-6-4-3-5-7-11)16-9-12-17-10-18-19(12)2/h3-7,10H,8-9H2,1-2H3,(H2,14,15,16). The highest BCUT2D eigenvalue weighted by atomic mass is 15.3. The summed E-state index contributed by atoms with van der Waals surface area (Å²) in [5, 5.41) is 10.5. The van der Waals surface area contributed by atoms with E-state index in [0.29, 0.717) is 6.54 Å². The van der Waals surface area contributed by atoms with Gasteiger partial charge in [0, 0.05) is 20.6 Å². The number of aryl methyl sites for hydroxylation is 1. The van der Waals surface area contributed by atoms with Crippen molar-refractivity contribution in [3.63, 3.8) is 0 Å². The summed E-state index contributed by atoms with van der Waals surface area (Å²) >= 11 is 0. The second kappa shape index (κ2) is 6.53. The summed E-state index contributed by atoms with van der Waals surface area (Å²) < 4.78 is 1.73. The number of rotatable bonds is 4. The minimum absolute atomic E-state index is 0.588. The largest absolute Gasteiger partial charge is 0.352 e. The van der Waals surface area contributed by atoms with Crippen LogP contribution in [0.25, 0.3) is 0 Å². The van der Waals surface area contributed by atoms with E-state index >= 15 is 0 Å². The van der Waals surface area contributed by atoms with Crippen LogP contribution >= 0.6 is 0 Å². The fraction of sp³-hybridized carbons (Fsp3) is 0.308. The quantitative estimate of drug-likeness (QED) is 0.625. The minimum atomic E-state index is 0.588. The van der Waals surface area contributed by atoms with Gasteiger partial charge in [0.05, 0.1) is 6.54 Å². The molecule has 0 aliphatic heterocycles. The zero-order valence-corrected chi connectivity index (χ0v) is 11.2. The molecular formula is C13H18N6. The van der Waals surface area contributed by atoms with Gasteiger partial charge in [-0.05, 0) is 5.56 Å². The lowest BCUT2D eigenvalue weighted by atomic mass is 10.2. The molecule has 0 fully saturated rings. The van der Waals surface area contributed by atoms with Crippen molar-refractivity contribution in [1.82, 2.24) is 25.4 Å². The van der Waals surface area contributed by atoms with Crippen molar-refractivity contribution in [1.29, 1.82) is 0 Å². The molecule has 0 atom stereocenters. The van der Waals surface area contributed by atoms with Crippen LogP contribution in [0.15, 0.2) is 41.7 Å². The molecular weight excluding hydrogens is 240 g/mol. The Bertz CT molecular complexity index is 531. The Hall–Kier alpha value is -2.37. The summed E-state index contributed by atoms with van der Waals surface area (Å²) in [7, 11) is 3.61. The van der Waals surface area contributed by atoms with E-state index in [-0.39, 0.29) is 0 Å². The van der Waals surface area contributed by atoms with E-state index in [2.05, 4.69) is 37.8 Å². The van der Waals surface area contributed by atoms with Crippen LogP contribution in [0.2, 0.25) is 0 Å². The van der Waals surface area contributed by atoms with Crippen molar-refractivity contribution in [2.45, 2.75) is 13.1 Å². The highest BCUT2D eigenvalue weighted by Crippen LogP contribution is 1.97. The van der Waals surface area contributed by atoms with Crippen LogP contribution < -0.4 is 10.6 Å². The lowest BCUT2D eigenvalue weighted by molar-refractivity contribution is 0.672. The first-order chi connectivity index (χ1) is 9.29. The Kier molecular flexibility index (Phi) is 4.49. The fourth-order valence-corrected chi connectivity index (χ4v) is 1.65. The maximum absolute atomic E-state index is 4.17. The number of aliphatic imine (C=N–C) groups is 1. The van der Waals surface area contributed by atoms with Crippen molar-refractivity contribution in [3.05, 3.63) is 48.0 Å². The molecule has 1 aromatic heterocycles. The molecule has 2 rings (SSSR count). The van der Waals surface area contributed by atoms with Gasteiger partial charge in [-0.1, -0.05) is 30.3 Å². The molecule has 2 N–H and O–H groups in total. The SMILES string of the molecule is CN=C(NCc1ccccc1)NCc1ncnn1C. The highest BCUT2D eigenvalue weighted by Gasteiger charge is 2.02. The predicted molar refractivity (Wildman–Crippen MR) is 74.5 cm³/mol. The van der Waals surface area contributed by atoms with Crippen molar-refractivity contribution < 1.29 is 0 Å². The molecule has 0 aliphatic rings. The van der Waals surface area contributed by atoms with Crippen LogP contribution in [-0.4, -0.2) is 27.8 Å². The van der Waals surface area contributed by atoms with Gasteiger partial charge in [-0.2, -0.15) is 5.10 Å². The van der Waals surface area contributed by atoms with Gasteiger partial charge >= 0.3 is 0 Å². The van der Waals surface area contributed by atoms with E-state index in [9.17, 15) is 0 Å². The molecule has 0 bridgehead atoms. The molecule has 19 heavy (non-hydrogen) atoms. The van der Waals surface area contributed by atoms with Crippen LogP contribution in [0, 0.1) is 0 Å². The molecule has 0 radical (unpaired) electrons. The number of nitrogens with zero attached hydrogens (tertiary/aromatic N) is 4. The monoisotopic (exact) mass is 258 g/mol. The van der Waals surface area contributed by atoms with E-state index in [0.717, 1.165) is 18.3 Å². The second-order valence-electron chi connectivity index (χ2n) is 4.06. The number of hydrogen-bond donors (Lipinski definition) is 2. The van der Waals surface area contributed by atoms with Crippen LogP contribution in [0.5, 0.6) is 0 Å². The van der Waals surface area contributed by atoms with Crippen LogP contribution in [0.4, 0.5) is 0 Å². The topological polar surface area (TPSA) is 67.1 Å². The minimum Gasteiger partial charge on any atom is -0.352 e. The number of guanidine groups is 1. The third kappa shape index (κ3) is 3.80. The Morgan fingerprint density at radius 3 is 2.58 bits per heavy atom. The van der Waals surface area contributed by atoms with Crippen LogP contribution in [0.3, 0.4) is 0 Å². The number of aromatic nitrogens is 3. The maximum atomic E-state index is 4.17. The van der Waals surface area contributed by atoms with Gasteiger partial charge in [-0.25, -0.2) is 4.98 Å². The molecule has 6 nitrogen and oxygen atoms in total. The lowest BCUT2D eigenvalue weighted by Crippen LogP contribution is -2.36. The molecule has 0 saturated carbocycles. The smallest absolute Gasteiger partial charge is 0.191 e. The van der Waals surface area contributed by atoms with Gasteiger partial charge in [0.1, 0.15) is 12.2 Å². The van der Waals surface area contributed by atoms with Crippen LogP contribution in [-0.2, 0) is 20.1 Å². The number of benzene rings is 1. The van der Waals surface area contributed by atoms with Crippen molar-refractivity contribution >= 4 is 5.96 Å². The van der Waals surface area contributed by atoms with E-state index in [4.69, 9.17) is 0 Å². The molecule has 0 saturated heterocycles. The first kappa shape index (κ1) is 13.1. The molecule has 0 aliphatic carbocycles. The summed E-state index contributed by atoms with van der Waals surface area (Å²) in [6.45, 7) is 1.32. The van der Waals surface area contributed by atoms with Gasteiger partial charge in [-0.3, -0.25) is 9.67 Å². The van der Waals surface area contributed by atoms with Crippen molar-refractivity contribution in [2.75, 3.05) is 7.05 Å². The Balaban J connectivity index is 1.83. The summed E-state index contributed by atoms with van der Waals surface area (Å²) in [6, 6.07) is 10.2. The normalized spacial score (nSPS) is 11.4. The van der Waals surface area contributed by atoms with E-state index < -0.39 is 0 Å². The summed E-state index contributed by atoms with van der Waals surface area (Å²) in [6.07, 6.45) is 1.54. The fourth-order valence-electron chi connectivity index (χ4n) is 1.65. The lowest BCUT2D eigenvalue weighted by Gasteiger charge is -2.11. The van der Waals surface area contributed by atoms with E-state index in [1.165, 1.54) is 11.9 Å². The summed E-state index contributed by atoms with van der Waals surface area (Å²) in [5.41, 5.74) is 1.21. The predicted octanol–water partition coefficient (Wildman–Crippen LogP) is 0.680. The van der Waals surface area contributed by atoms with Crippen molar-refractivity contribution in [3.8, 4) is 0 Å². The Morgan fingerprint density at radius 1 is 1.21 bits per heavy atom. The second-order valence-corrected chi connectivity index (χ2v) is 4.06. The molecule has 100 valence electrons. The molecule has 0 spiro atoms. The molecule has 6 heteroatoms. The molecule has 1 aromatic carbocycles. The average molecular weight is 258 g/mol. The number of nitrogens with one attached hydrogen (secondary N) is 2. The molecule has 0 unspecified atom stereocenters. The Labute approximate surface area is 112 Å². The third-order valence-electron chi connectivity index (χ3n) is 2.75. The van der Waals surface area contributed by atoms with Gasteiger partial charge < -0.3 is 10.6 Å². The van der Waals surface area contributed by atoms with Gasteiger partial charge in [0.2, 0.25) is 0 Å². The molecule has 0 amide bonds. The highest BCUT2D eigenvalue weighted by molar-refractivity contribution is 5.79. The molecule has 1 heterocycles. The van der Waals surface area contributed by atoms with Crippen LogP contribution in [0.1, 0.15) is 11.4 Å². The Morgan fingerprint density at radius 2 is 1.95 bits per heavy atom. The average Bonchev–Trinajstić information content (AvgIpc) is 2.86. The maximum Gasteiger partial charge on any atom is 0.191 e. The first-order valence-corrected chi connectivity index (χ1v) is 6.11. The summed E-state index contributed by atoms with van der Waals surface area (Å²) in [5.74, 6) is 1.61. The zero-order chi connectivity index (χ0) is 13.5. The number of hydrogen-bond acceptors (Lipinski definition) is 3. The third-order valence-corrected chi connectivity index (χ3v) is 2.75. The van der Waals surface area contributed by atoms with Gasteiger partial charge in [0.25, 0.3) is 0 Å². The van der Waals surface area contributed by atoms with E-state index in [1.54, 1.807) is 11.7 Å².